The minimum absolute atomic E-state index is 0.0153. The zero-order valence-electron chi connectivity index (χ0n) is 15.5. The average molecular weight is 348 g/mol. The molecule has 7 nitrogen and oxygen atoms in total. The molecular weight excluding hydrogens is 320 g/mol. The topological polar surface area (TPSA) is 87.3 Å². The van der Waals surface area contributed by atoms with Gasteiger partial charge in [0.1, 0.15) is 0 Å². The van der Waals surface area contributed by atoms with Crippen molar-refractivity contribution >= 4 is 11.8 Å². The van der Waals surface area contributed by atoms with Gasteiger partial charge in [-0.1, -0.05) is 0 Å². The zero-order valence-corrected chi connectivity index (χ0v) is 15.5. The van der Waals surface area contributed by atoms with Crippen molar-refractivity contribution in [2.75, 3.05) is 7.05 Å². The van der Waals surface area contributed by atoms with E-state index in [9.17, 15) is 9.59 Å². The van der Waals surface area contributed by atoms with E-state index in [0.29, 0.717) is 12.1 Å². The number of fused-ring (bicyclic) bond motifs is 1. The summed E-state index contributed by atoms with van der Waals surface area (Å²) in [7, 11) is 1.86. The number of nitrogens with zero attached hydrogens (tertiary/aromatic N) is 2. The van der Waals surface area contributed by atoms with Crippen LogP contribution in [0.3, 0.4) is 0 Å². The number of aromatic nitrogens is 2. The molecule has 1 aromatic rings. The molecule has 0 aromatic carbocycles. The van der Waals surface area contributed by atoms with Gasteiger partial charge < -0.3 is 15.0 Å². The lowest BCUT2D eigenvalue weighted by molar-refractivity contribution is -0.119. The monoisotopic (exact) mass is 348 g/mol. The van der Waals surface area contributed by atoms with Crippen LogP contribution in [0.15, 0.2) is 0 Å². The molecule has 2 heterocycles. The number of carbonyl (C=O) groups is 2. The lowest BCUT2D eigenvalue weighted by atomic mass is 9.90. The second-order valence-electron chi connectivity index (χ2n) is 7.38. The van der Waals surface area contributed by atoms with Crippen LogP contribution in [0.5, 0.6) is 0 Å². The van der Waals surface area contributed by atoms with E-state index < -0.39 is 0 Å². The van der Waals surface area contributed by atoms with Crippen LogP contribution in [0, 0.1) is 0 Å². The van der Waals surface area contributed by atoms with E-state index >= 15 is 0 Å². The Hall–Kier alpha value is -1.89. The highest BCUT2D eigenvalue weighted by Crippen LogP contribution is 2.31. The molecule has 0 spiro atoms. The molecule has 0 bridgehead atoms. The number of carbonyl (C=O) groups excluding carboxylic acids is 2. The lowest BCUT2D eigenvalue weighted by Crippen LogP contribution is -2.44. The fourth-order valence-corrected chi connectivity index (χ4v) is 4.08. The Balaban J connectivity index is 1.67. The van der Waals surface area contributed by atoms with Gasteiger partial charge in [-0.05, 0) is 39.5 Å². The van der Waals surface area contributed by atoms with Crippen molar-refractivity contribution in [1.82, 2.24) is 20.4 Å². The molecule has 1 aliphatic heterocycles. The number of amides is 2. The summed E-state index contributed by atoms with van der Waals surface area (Å²) in [4.78, 5) is 26.0. The Morgan fingerprint density at radius 1 is 1.24 bits per heavy atom. The maximum atomic E-state index is 13.0. The predicted molar refractivity (Wildman–Crippen MR) is 93.2 cm³/mol. The smallest absolute Gasteiger partial charge is 0.274 e. The van der Waals surface area contributed by atoms with Crippen molar-refractivity contribution < 1.29 is 14.3 Å². The van der Waals surface area contributed by atoms with Crippen LogP contribution in [0.1, 0.15) is 74.3 Å². The van der Waals surface area contributed by atoms with Gasteiger partial charge in [-0.3, -0.25) is 14.7 Å². The van der Waals surface area contributed by atoms with E-state index in [1.807, 2.05) is 25.8 Å². The van der Waals surface area contributed by atoms with Crippen molar-refractivity contribution in [3.8, 4) is 0 Å². The van der Waals surface area contributed by atoms with Crippen LogP contribution >= 0.6 is 0 Å². The molecule has 25 heavy (non-hydrogen) atoms. The molecule has 1 fully saturated rings. The summed E-state index contributed by atoms with van der Waals surface area (Å²) in [5, 5.41) is 10.3. The fraction of sp³-hybridized carbons (Fsp3) is 0.722. The van der Waals surface area contributed by atoms with Crippen LogP contribution in [0.2, 0.25) is 0 Å². The first-order valence-electron chi connectivity index (χ1n) is 9.13. The minimum atomic E-state index is -0.0637. The van der Waals surface area contributed by atoms with E-state index in [4.69, 9.17) is 4.74 Å². The molecule has 1 saturated carbocycles. The predicted octanol–water partition coefficient (Wildman–Crippen LogP) is 1.95. The first-order valence-corrected chi connectivity index (χ1v) is 9.13. The van der Waals surface area contributed by atoms with Gasteiger partial charge in [0, 0.05) is 38.0 Å². The molecule has 0 saturated heterocycles. The summed E-state index contributed by atoms with van der Waals surface area (Å²) in [6.07, 6.45) is 4.34. The summed E-state index contributed by atoms with van der Waals surface area (Å²) in [6.45, 7) is 5.55. The number of nitrogens with one attached hydrogen (secondary N) is 2. The lowest BCUT2D eigenvalue weighted by Gasteiger charge is -2.35. The van der Waals surface area contributed by atoms with Crippen LogP contribution in [-0.4, -0.2) is 52.1 Å². The van der Waals surface area contributed by atoms with Gasteiger partial charge in [0.15, 0.2) is 5.69 Å². The quantitative estimate of drug-likeness (QED) is 0.874. The molecule has 2 aliphatic rings. The van der Waals surface area contributed by atoms with Crippen LogP contribution < -0.4 is 5.32 Å². The Bertz CT molecular complexity index is 649. The normalized spacial score (nSPS) is 29.0. The van der Waals surface area contributed by atoms with Gasteiger partial charge in [0.25, 0.3) is 5.91 Å². The second-order valence-corrected chi connectivity index (χ2v) is 7.38. The molecule has 0 unspecified atom stereocenters. The summed E-state index contributed by atoms with van der Waals surface area (Å²) in [5.41, 5.74) is 2.45. The third-order valence-corrected chi connectivity index (χ3v) is 5.41. The number of ether oxygens (including phenoxy) is 1. The van der Waals surface area contributed by atoms with Crippen LogP contribution in [0.25, 0.3) is 0 Å². The van der Waals surface area contributed by atoms with Gasteiger partial charge in [-0.25, -0.2) is 0 Å². The van der Waals surface area contributed by atoms with E-state index in [0.717, 1.165) is 36.9 Å². The fourth-order valence-electron chi connectivity index (χ4n) is 4.08. The van der Waals surface area contributed by atoms with Crippen LogP contribution in [-0.2, 0) is 16.0 Å². The maximum Gasteiger partial charge on any atom is 0.274 e. The summed E-state index contributed by atoms with van der Waals surface area (Å²) < 4.78 is 5.80. The number of aromatic amines is 1. The third kappa shape index (κ3) is 3.71. The standard InChI is InChI=1S/C18H28N4O3/c1-10-9-15-16(11(2)25-10)20-21-17(15)18(24)22(4)14-7-5-13(6-8-14)19-12(3)23/h10-11,13-14H,5-9H2,1-4H3,(H,19,23)(H,20,21)/t10-,11+,13?,14?/m1/s1. The minimum Gasteiger partial charge on any atom is -0.369 e. The maximum absolute atomic E-state index is 13.0. The van der Waals surface area contributed by atoms with Gasteiger partial charge in [-0.15, -0.1) is 0 Å². The third-order valence-electron chi connectivity index (χ3n) is 5.41. The zero-order chi connectivity index (χ0) is 18.1. The summed E-state index contributed by atoms with van der Waals surface area (Å²) in [5.74, 6) is -0.0109. The molecule has 1 aliphatic carbocycles. The molecule has 1 aromatic heterocycles. The molecule has 2 atom stereocenters. The first kappa shape index (κ1) is 17.9. The van der Waals surface area contributed by atoms with Crippen molar-refractivity contribution in [2.45, 2.75) is 77.2 Å². The van der Waals surface area contributed by atoms with E-state index in [-0.39, 0.29) is 36.1 Å². The Morgan fingerprint density at radius 3 is 2.56 bits per heavy atom. The number of H-pyrrole nitrogens is 1. The van der Waals surface area contributed by atoms with E-state index in [2.05, 4.69) is 15.5 Å². The van der Waals surface area contributed by atoms with E-state index in [1.54, 1.807) is 6.92 Å². The average Bonchev–Trinajstić information content (AvgIpc) is 2.97. The van der Waals surface area contributed by atoms with Crippen molar-refractivity contribution in [1.29, 1.82) is 0 Å². The largest absolute Gasteiger partial charge is 0.369 e. The highest BCUT2D eigenvalue weighted by molar-refractivity contribution is 5.94. The highest BCUT2D eigenvalue weighted by atomic mass is 16.5. The molecule has 0 radical (unpaired) electrons. The van der Waals surface area contributed by atoms with Crippen molar-refractivity contribution in [2.24, 2.45) is 0 Å². The van der Waals surface area contributed by atoms with Gasteiger partial charge >= 0.3 is 0 Å². The van der Waals surface area contributed by atoms with E-state index in [1.165, 1.54) is 0 Å². The first-order chi connectivity index (χ1) is 11.9. The van der Waals surface area contributed by atoms with Gasteiger partial charge in [0.2, 0.25) is 5.91 Å². The van der Waals surface area contributed by atoms with Crippen molar-refractivity contribution in [3.63, 3.8) is 0 Å². The molecule has 3 rings (SSSR count). The molecule has 2 N–H and O–H groups in total. The Morgan fingerprint density at radius 2 is 1.92 bits per heavy atom. The SMILES string of the molecule is CC(=O)NC1CCC(N(C)C(=O)c2n[nH]c3c2C[C@@H](C)O[C@H]3C)CC1. The number of rotatable bonds is 3. The molecule has 7 heteroatoms. The molecule has 138 valence electrons. The van der Waals surface area contributed by atoms with Crippen molar-refractivity contribution in [3.05, 3.63) is 17.0 Å². The summed E-state index contributed by atoms with van der Waals surface area (Å²) in [6, 6.07) is 0.425. The molecule has 2 amide bonds. The van der Waals surface area contributed by atoms with Gasteiger partial charge in [0.05, 0.1) is 17.9 Å². The van der Waals surface area contributed by atoms with Gasteiger partial charge in [-0.2, -0.15) is 5.10 Å². The number of hydrogen-bond donors (Lipinski definition) is 2. The second kappa shape index (κ2) is 7.15. The number of hydrogen-bond acceptors (Lipinski definition) is 4. The highest BCUT2D eigenvalue weighted by Gasteiger charge is 2.33. The summed E-state index contributed by atoms with van der Waals surface area (Å²) >= 11 is 0. The Labute approximate surface area is 148 Å². The van der Waals surface area contributed by atoms with Crippen LogP contribution in [0.4, 0.5) is 0 Å². The Kier molecular flexibility index (Phi) is 5.13. The molecular formula is C18H28N4O3.